The zero-order valence-corrected chi connectivity index (χ0v) is 8.67. The van der Waals surface area contributed by atoms with Crippen molar-refractivity contribution in [3.63, 3.8) is 0 Å². The molecule has 76 valence electrons. The van der Waals surface area contributed by atoms with E-state index in [1.165, 1.54) is 0 Å². The van der Waals surface area contributed by atoms with Crippen LogP contribution in [-0.2, 0) is 9.47 Å². The van der Waals surface area contributed by atoms with Crippen molar-refractivity contribution in [3.05, 3.63) is 0 Å². The molecular formula is C10H19NO2. The fourth-order valence-electron chi connectivity index (χ4n) is 2.07. The lowest BCUT2D eigenvalue weighted by molar-refractivity contribution is 0.0386. The average Bonchev–Trinajstić information content (AvgIpc) is 2.47. The van der Waals surface area contributed by atoms with E-state index in [9.17, 15) is 0 Å². The second-order valence-corrected chi connectivity index (χ2v) is 5.09. The van der Waals surface area contributed by atoms with E-state index in [4.69, 9.17) is 9.47 Å². The number of fused-ring (bicyclic) bond motifs is 1. The van der Waals surface area contributed by atoms with Crippen molar-refractivity contribution >= 4 is 0 Å². The second-order valence-electron chi connectivity index (χ2n) is 5.09. The predicted molar refractivity (Wildman–Crippen MR) is 50.5 cm³/mol. The van der Waals surface area contributed by atoms with Crippen LogP contribution in [0.5, 0.6) is 0 Å². The van der Waals surface area contributed by atoms with Crippen LogP contribution in [0.3, 0.4) is 0 Å². The van der Waals surface area contributed by atoms with E-state index in [0.29, 0.717) is 30.5 Å². The highest BCUT2D eigenvalue weighted by Crippen LogP contribution is 2.30. The van der Waals surface area contributed by atoms with Crippen molar-refractivity contribution in [2.75, 3.05) is 13.3 Å². The summed E-state index contributed by atoms with van der Waals surface area (Å²) in [6.45, 7) is 8.21. The molecule has 3 nitrogen and oxygen atoms in total. The first-order valence-electron chi connectivity index (χ1n) is 5.04. The highest BCUT2D eigenvalue weighted by atomic mass is 16.7. The van der Waals surface area contributed by atoms with Crippen molar-refractivity contribution in [2.45, 2.75) is 45.4 Å². The normalized spacial score (nSPS) is 40.4. The summed E-state index contributed by atoms with van der Waals surface area (Å²) in [6.07, 6.45) is 1.69. The van der Waals surface area contributed by atoms with Crippen LogP contribution in [0.2, 0.25) is 0 Å². The van der Waals surface area contributed by atoms with E-state index in [2.05, 4.69) is 26.1 Å². The SMILES string of the molecule is CC(C)(C)C1CC2OCOC2CN1. The van der Waals surface area contributed by atoms with E-state index in [0.717, 1.165) is 13.0 Å². The van der Waals surface area contributed by atoms with Crippen LogP contribution < -0.4 is 5.32 Å². The van der Waals surface area contributed by atoms with E-state index in [1.807, 2.05) is 0 Å². The lowest BCUT2D eigenvalue weighted by Gasteiger charge is -2.38. The van der Waals surface area contributed by atoms with Crippen molar-refractivity contribution in [3.8, 4) is 0 Å². The second kappa shape index (κ2) is 3.23. The first-order chi connectivity index (χ1) is 6.07. The zero-order valence-electron chi connectivity index (χ0n) is 8.67. The molecule has 2 heterocycles. The van der Waals surface area contributed by atoms with Gasteiger partial charge in [0.15, 0.2) is 0 Å². The predicted octanol–water partition coefficient (Wildman–Crippen LogP) is 1.14. The summed E-state index contributed by atoms with van der Waals surface area (Å²) >= 11 is 0. The van der Waals surface area contributed by atoms with Gasteiger partial charge in [-0.05, 0) is 11.8 Å². The molecule has 0 amide bonds. The van der Waals surface area contributed by atoms with E-state index in [-0.39, 0.29) is 0 Å². The monoisotopic (exact) mass is 185 g/mol. The largest absolute Gasteiger partial charge is 0.349 e. The van der Waals surface area contributed by atoms with Crippen LogP contribution in [0.25, 0.3) is 0 Å². The zero-order chi connectivity index (χ0) is 9.47. The van der Waals surface area contributed by atoms with Crippen LogP contribution in [0.4, 0.5) is 0 Å². The average molecular weight is 185 g/mol. The molecule has 2 rings (SSSR count). The lowest BCUT2D eigenvalue weighted by atomic mass is 9.80. The molecule has 3 atom stereocenters. The van der Waals surface area contributed by atoms with Gasteiger partial charge in [-0.25, -0.2) is 0 Å². The summed E-state index contributed by atoms with van der Waals surface area (Å²) < 4.78 is 11.0. The molecule has 0 aromatic carbocycles. The molecule has 3 unspecified atom stereocenters. The molecule has 0 spiro atoms. The summed E-state index contributed by atoms with van der Waals surface area (Å²) in [5, 5.41) is 3.53. The maximum absolute atomic E-state index is 5.52. The maximum atomic E-state index is 5.52. The summed E-state index contributed by atoms with van der Waals surface area (Å²) in [5.74, 6) is 0. The Bertz CT molecular complexity index is 188. The molecule has 2 saturated heterocycles. The summed E-state index contributed by atoms with van der Waals surface area (Å²) in [4.78, 5) is 0. The highest BCUT2D eigenvalue weighted by molar-refractivity contribution is 4.93. The topological polar surface area (TPSA) is 30.5 Å². The minimum absolute atomic E-state index is 0.290. The molecule has 0 bridgehead atoms. The molecule has 0 saturated carbocycles. The number of nitrogens with one attached hydrogen (secondary N) is 1. The first kappa shape index (κ1) is 9.44. The van der Waals surface area contributed by atoms with Crippen molar-refractivity contribution in [1.82, 2.24) is 5.32 Å². The fourth-order valence-corrected chi connectivity index (χ4v) is 2.07. The van der Waals surface area contributed by atoms with Crippen LogP contribution >= 0.6 is 0 Å². The quantitative estimate of drug-likeness (QED) is 0.614. The smallest absolute Gasteiger partial charge is 0.147 e. The minimum Gasteiger partial charge on any atom is -0.349 e. The van der Waals surface area contributed by atoms with Gasteiger partial charge in [-0.1, -0.05) is 20.8 Å². The molecule has 1 N–H and O–H groups in total. The number of rotatable bonds is 0. The third-order valence-corrected chi connectivity index (χ3v) is 3.06. The molecule has 2 fully saturated rings. The van der Waals surface area contributed by atoms with E-state index in [1.54, 1.807) is 0 Å². The van der Waals surface area contributed by atoms with Crippen molar-refractivity contribution in [1.29, 1.82) is 0 Å². The van der Waals surface area contributed by atoms with Gasteiger partial charge in [0.05, 0.1) is 12.2 Å². The maximum Gasteiger partial charge on any atom is 0.147 e. The molecule has 13 heavy (non-hydrogen) atoms. The van der Waals surface area contributed by atoms with Crippen molar-refractivity contribution < 1.29 is 9.47 Å². The number of hydrogen-bond donors (Lipinski definition) is 1. The molecule has 2 aliphatic heterocycles. The number of ether oxygens (including phenoxy) is 2. The standard InChI is InChI=1S/C10H19NO2/c1-10(2,3)9-4-7-8(5-11-9)13-6-12-7/h7-9,11H,4-6H2,1-3H3. The number of hydrogen-bond acceptors (Lipinski definition) is 3. The van der Waals surface area contributed by atoms with E-state index < -0.39 is 0 Å². The van der Waals surface area contributed by atoms with Gasteiger partial charge >= 0.3 is 0 Å². The minimum atomic E-state index is 0.290. The van der Waals surface area contributed by atoms with Gasteiger partial charge in [-0.3, -0.25) is 0 Å². The Morgan fingerprint density at radius 3 is 2.54 bits per heavy atom. The molecule has 0 aromatic rings. The third-order valence-electron chi connectivity index (χ3n) is 3.06. The Labute approximate surface area is 79.8 Å². The van der Waals surface area contributed by atoms with Gasteiger partial charge in [-0.15, -0.1) is 0 Å². The van der Waals surface area contributed by atoms with Crippen molar-refractivity contribution in [2.24, 2.45) is 5.41 Å². The molecule has 3 heteroatoms. The Hall–Kier alpha value is -0.120. The van der Waals surface area contributed by atoms with E-state index >= 15 is 0 Å². The molecule has 0 radical (unpaired) electrons. The Kier molecular flexibility index (Phi) is 2.34. The van der Waals surface area contributed by atoms with Gasteiger partial charge in [0.2, 0.25) is 0 Å². The molecule has 0 aliphatic carbocycles. The van der Waals surface area contributed by atoms with Crippen LogP contribution in [-0.4, -0.2) is 31.6 Å². The molecule has 0 aromatic heterocycles. The first-order valence-corrected chi connectivity index (χ1v) is 5.04. The number of piperidine rings is 1. The molecular weight excluding hydrogens is 166 g/mol. The molecule has 2 aliphatic rings. The summed E-state index contributed by atoms with van der Waals surface area (Å²) in [7, 11) is 0. The fraction of sp³-hybridized carbons (Fsp3) is 1.00. The third kappa shape index (κ3) is 1.87. The van der Waals surface area contributed by atoms with Crippen LogP contribution in [0, 0.1) is 5.41 Å². The van der Waals surface area contributed by atoms with Crippen LogP contribution in [0.1, 0.15) is 27.2 Å². The lowest BCUT2D eigenvalue weighted by Crippen LogP contribution is -2.53. The van der Waals surface area contributed by atoms with Gasteiger partial charge < -0.3 is 14.8 Å². The Morgan fingerprint density at radius 2 is 1.85 bits per heavy atom. The summed E-state index contributed by atoms with van der Waals surface area (Å²) in [5.41, 5.74) is 0.316. The highest BCUT2D eigenvalue weighted by Gasteiger charge is 2.39. The van der Waals surface area contributed by atoms with Gasteiger partial charge in [-0.2, -0.15) is 0 Å². The van der Waals surface area contributed by atoms with Gasteiger partial charge in [0, 0.05) is 12.6 Å². The Morgan fingerprint density at radius 1 is 1.15 bits per heavy atom. The van der Waals surface area contributed by atoms with Gasteiger partial charge in [0.25, 0.3) is 0 Å². The Balaban J connectivity index is 1.97. The van der Waals surface area contributed by atoms with Crippen LogP contribution in [0.15, 0.2) is 0 Å². The van der Waals surface area contributed by atoms with Gasteiger partial charge in [0.1, 0.15) is 6.79 Å². The summed E-state index contributed by atoms with van der Waals surface area (Å²) in [6, 6.07) is 0.551.